The Morgan fingerprint density at radius 2 is 0.385 bits per heavy atom. The van der Waals surface area contributed by atoms with Crippen molar-refractivity contribution >= 4 is 39.5 Å². The molecule has 0 aromatic heterocycles. The van der Waals surface area contributed by atoms with Crippen LogP contribution in [0.5, 0.6) is 0 Å². The average Bonchev–Trinajstić information content (AvgIpc) is 0.926. The van der Waals surface area contributed by atoms with Gasteiger partial charge < -0.3 is 33.8 Å². The van der Waals surface area contributed by atoms with E-state index in [1.54, 1.807) is 0 Å². The lowest BCUT2D eigenvalue weighted by Crippen LogP contribution is -2.30. The fourth-order valence-electron chi connectivity index (χ4n) is 13.3. The Hall–Kier alpha value is -1.94. The number of carbonyl (C=O) groups excluding carboxylic acids is 4. The molecule has 0 aliphatic heterocycles. The molecular formula is C85H166O17P2. The summed E-state index contributed by atoms with van der Waals surface area (Å²) in [6.07, 6.45) is 73.4. The van der Waals surface area contributed by atoms with E-state index in [2.05, 4.69) is 27.7 Å². The molecule has 0 radical (unpaired) electrons. The van der Waals surface area contributed by atoms with Crippen LogP contribution in [0.3, 0.4) is 0 Å². The first-order valence-electron chi connectivity index (χ1n) is 44.3. The summed E-state index contributed by atoms with van der Waals surface area (Å²) >= 11 is 0. The first kappa shape index (κ1) is 102. The second-order valence-corrected chi connectivity index (χ2v) is 33.5. The van der Waals surface area contributed by atoms with E-state index in [4.69, 9.17) is 37.0 Å². The van der Waals surface area contributed by atoms with E-state index in [0.717, 1.165) is 89.9 Å². The topological polar surface area (TPSA) is 237 Å². The molecule has 0 bridgehead atoms. The highest BCUT2D eigenvalue weighted by Crippen LogP contribution is 2.45. The number of phosphoric ester groups is 2. The summed E-state index contributed by atoms with van der Waals surface area (Å²) in [7, 11) is -9.93. The standard InChI is InChI=1S/C85H166O17P2/c1-5-9-13-17-21-25-29-33-37-39-43-46-50-54-58-62-66-70-83(88)96-76-81(102-85(90)72-68-64-60-56-52-48-44-40-38-34-30-26-22-18-14-10-6-2)78-100-104(93,94)98-74-79(86)73-97-103(91,92)99-77-80(101-84(89)71-67-63-59-55-51-47-42-36-32-28-24-20-16-12-8-4)75-95-82(87)69-65-61-57-53-49-45-41-35-31-27-23-19-15-11-7-3/h79-81,86H,5-78H2,1-4H3,(H,91,92)(H,93,94)/t79-,80-,81-/m1/s1. The Morgan fingerprint density at radius 1 is 0.231 bits per heavy atom. The number of esters is 4. The van der Waals surface area contributed by atoms with Crippen molar-refractivity contribution in [2.45, 2.75) is 483 Å². The van der Waals surface area contributed by atoms with Crippen LogP contribution in [0.15, 0.2) is 0 Å². The van der Waals surface area contributed by atoms with Gasteiger partial charge in [-0.05, 0) is 25.7 Å². The SMILES string of the molecule is CCCCCCCCCCCCCCCCCCCC(=O)OC[C@H](COP(=O)(O)OC[C@H](O)COP(=O)(O)OC[C@@H](COC(=O)CCCCCCCCCCCCCCCCC)OC(=O)CCCCCCCCCCCCCCCCC)OC(=O)CCCCCCCCCCCCCCCCCCC. The van der Waals surface area contributed by atoms with Crippen LogP contribution < -0.4 is 0 Å². The number of carbonyl (C=O) groups is 4. The van der Waals surface area contributed by atoms with Gasteiger partial charge >= 0.3 is 39.5 Å². The summed E-state index contributed by atoms with van der Waals surface area (Å²) in [5.41, 5.74) is 0. The van der Waals surface area contributed by atoms with Crippen LogP contribution in [0.1, 0.15) is 464 Å². The van der Waals surface area contributed by atoms with Crippen molar-refractivity contribution in [3.05, 3.63) is 0 Å². The van der Waals surface area contributed by atoms with Crippen LogP contribution in [0.4, 0.5) is 0 Å². The number of aliphatic hydroxyl groups is 1. The highest BCUT2D eigenvalue weighted by molar-refractivity contribution is 7.47. The minimum Gasteiger partial charge on any atom is -0.462 e. The number of aliphatic hydroxyl groups excluding tert-OH is 1. The van der Waals surface area contributed by atoms with Crippen LogP contribution in [0.25, 0.3) is 0 Å². The van der Waals surface area contributed by atoms with Crippen molar-refractivity contribution in [1.29, 1.82) is 0 Å². The molecule has 0 heterocycles. The fourth-order valence-corrected chi connectivity index (χ4v) is 14.9. The van der Waals surface area contributed by atoms with E-state index in [0.29, 0.717) is 25.7 Å². The predicted octanol–water partition coefficient (Wildman–Crippen LogP) is 26.1. The van der Waals surface area contributed by atoms with Gasteiger partial charge in [0.05, 0.1) is 26.4 Å². The van der Waals surface area contributed by atoms with E-state index < -0.39 is 97.5 Å². The normalized spacial score (nSPS) is 13.7. The van der Waals surface area contributed by atoms with Gasteiger partial charge in [-0.2, -0.15) is 0 Å². The zero-order chi connectivity index (χ0) is 76.0. The van der Waals surface area contributed by atoms with Crippen molar-refractivity contribution < 1.29 is 80.2 Å². The highest BCUT2D eigenvalue weighted by atomic mass is 31.2. The zero-order valence-electron chi connectivity index (χ0n) is 68.0. The van der Waals surface area contributed by atoms with Gasteiger partial charge in [0.2, 0.25) is 0 Å². The van der Waals surface area contributed by atoms with E-state index in [9.17, 15) is 43.2 Å². The van der Waals surface area contributed by atoms with Crippen LogP contribution in [0.2, 0.25) is 0 Å². The number of hydrogen-bond acceptors (Lipinski definition) is 15. The summed E-state index contributed by atoms with van der Waals surface area (Å²) in [5, 5.41) is 10.7. The number of ether oxygens (including phenoxy) is 4. The third-order valence-electron chi connectivity index (χ3n) is 20.1. The minimum absolute atomic E-state index is 0.109. The Kier molecular flexibility index (Phi) is 77.7. The van der Waals surface area contributed by atoms with Crippen molar-refractivity contribution in [3.63, 3.8) is 0 Å². The van der Waals surface area contributed by atoms with Crippen LogP contribution in [0, 0.1) is 0 Å². The van der Waals surface area contributed by atoms with Crippen molar-refractivity contribution in [2.24, 2.45) is 0 Å². The van der Waals surface area contributed by atoms with Gasteiger partial charge in [0.25, 0.3) is 0 Å². The number of hydrogen-bond donors (Lipinski definition) is 3. The van der Waals surface area contributed by atoms with Crippen LogP contribution in [-0.2, 0) is 65.4 Å². The molecule has 17 nitrogen and oxygen atoms in total. The van der Waals surface area contributed by atoms with Gasteiger partial charge in [0, 0.05) is 25.7 Å². The van der Waals surface area contributed by atoms with Crippen LogP contribution in [-0.4, -0.2) is 96.7 Å². The molecule has 0 aromatic carbocycles. The Bertz CT molecular complexity index is 1960. The molecule has 0 rings (SSSR count). The summed E-state index contributed by atoms with van der Waals surface area (Å²) in [5.74, 6) is -2.09. The first-order chi connectivity index (χ1) is 50.7. The van der Waals surface area contributed by atoms with Gasteiger partial charge in [-0.1, -0.05) is 413 Å². The first-order valence-corrected chi connectivity index (χ1v) is 47.3. The summed E-state index contributed by atoms with van der Waals surface area (Å²) in [6.45, 7) is 5.07. The molecule has 104 heavy (non-hydrogen) atoms. The lowest BCUT2D eigenvalue weighted by atomic mass is 10.0. The summed E-state index contributed by atoms with van der Waals surface area (Å²) in [4.78, 5) is 73.3. The molecule has 3 N–H and O–H groups in total. The molecule has 0 saturated heterocycles. The van der Waals surface area contributed by atoms with Gasteiger partial charge in [0.1, 0.15) is 19.3 Å². The third-order valence-corrected chi connectivity index (χ3v) is 22.0. The molecular weight excluding hydrogens is 1350 g/mol. The highest BCUT2D eigenvalue weighted by Gasteiger charge is 2.30. The molecule has 0 spiro atoms. The minimum atomic E-state index is -4.96. The second-order valence-electron chi connectivity index (χ2n) is 30.6. The van der Waals surface area contributed by atoms with Crippen molar-refractivity contribution in [2.75, 3.05) is 39.6 Å². The Labute approximate surface area is 638 Å². The molecule has 0 aliphatic carbocycles. The van der Waals surface area contributed by atoms with E-state index in [1.807, 2.05) is 0 Å². The maximum atomic E-state index is 13.1. The van der Waals surface area contributed by atoms with E-state index in [-0.39, 0.29) is 25.7 Å². The van der Waals surface area contributed by atoms with Gasteiger partial charge in [0.15, 0.2) is 12.2 Å². The molecule has 0 amide bonds. The fraction of sp³-hybridized carbons (Fsp3) is 0.953. The second kappa shape index (κ2) is 79.2. The number of phosphoric acid groups is 2. The maximum Gasteiger partial charge on any atom is 0.472 e. The predicted molar refractivity (Wildman–Crippen MR) is 428 cm³/mol. The molecule has 618 valence electrons. The number of rotatable bonds is 86. The van der Waals surface area contributed by atoms with Gasteiger partial charge in [-0.3, -0.25) is 37.3 Å². The molecule has 0 aliphatic rings. The van der Waals surface area contributed by atoms with Gasteiger partial charge in [-0.25, -0.2) is 9.13 Å². The van der Waals surface area contributed by atoms with E-state index >= 15 is 0 Å². The lowest BCUT2D eigenvalue weighted by Gasteiger charge is -2.21. The molecule has 0 fully saturated rings. The summed E-state index contributed by atoms with van der Waals surface area (Å²) < 4.78 is 68.9. The Balaban J connectivity index is 5.27. The maximum absolute atomic E-state index is 13.1. The number of unbranched alkanes of at least 4 members (excludes halogenated alkanes) is 60. The van der Waals surface area contributed by atoms with Gasteiger partial charge in [-0.15, -0.1) is 0 Å². The van der Waals surface area contributed by atoms with Crippen molar-refractivity contribution in [1.82, 2.24) is 0 Å². The largest absolute Gasteiger partial charge is 0.472 e. The smallest absolute Gasteiger partial charge is 0.462 e. The average molecular weight is 1520 g/mol. The summed E-state index contributed by atoms with van der Waals surface area (Å²) in [6, 6.07) is 0. The van der Waals surface area contributed by atoms with Crippen molar-refractivity contribution in [3.8, 4) is 0 Å². The lowest BCUT2D eigenvalue weighted by molar-refractivity contribution is -0.161. The monoisotopic (exact) mass is 1520 g/mol. The molecule has 0 aromatic rings. The van der Waals surface area contributed by atoms with Crippen LogP contribution >= 0.6 is 15.6 Å². The van der Waals surface area contributed by atoms with E-state index in [1.165, 1.54) is 295 Å². The molecule has 2 unspecified atom stereocenters. The third kappa shape index (κ3) is 78.2. The molecule has 0 saturated carbocycles. The Morgan fingerprint density at radius 3 is 0.567 bits per heavy atom. The zero-order valence-corrected chi connectivity index (χ0v) is 69.8. The molecule has 19 heteroatoms. The molecule has 5 atom stereocenters. The quantitative estimate of drug-likeness (QED) is 0.0222.